The summed E-state index contributed by atoms with van der Waals surface area (Å²) in [4.78, 5) is 13.6. The predicted molar refractivity (Wildman–Crippen MR) is 83.6 cm³/mol. The van der Waals surface area contributed by atoms with Gasteiger partial charge in [0.1, 0.15) is 0 Å². The summed E-state index contributed by atoms with van der Waals surface area (Å²) in [6.45, 7) is 7.53. The van der Waals surface area contributed by atoms with E-state index in [4.69, 9.17) is 0 Å². The average molecular weight is 300 g/mol. The molecule has 1 atom stereocenters. The summed E-state index contributed by atoms with van der Waals surface area (Å²) < 4.78 is 0. The molecule has 0 aliphatic carbocycles. The monoisotopic (exact) mass is 300 g/mol. The second-order valence-electron chi connectivity index (χ2n) is 4.97. The second-order valence-corrected chi connectivity index (χ2v) is 6.03. The molecule has 1 heterocycles. The van der Waals surface area contributed by atoms with Crippen LogP contribution in [0.4, 0.5) is 10.7 Å². The molecule has 1 N–H and O–H groups in total. The van der Waals surface area contributed by atoms with Gasteiger partial charge in [0.15, 0.2) is 5.00 Å². The van der Waals surface area contributed by atoms with Gasteiger partial charge in [0.25, 0.3) is 0 Å². The minimum Gasteiger partial charge on any atom is -0.388 e. The predicted octanol–water partition coefficient (Wildman–Crippen LogP) is 4.12. The van der Waals surface area contributed by atoms with Gasteiger partial charge in [-0.15, -0.1) is 11.3 Å². The Balaban J connectivity index is 3.05. The highest BCUT2D eigenvalue weighted by atomic mass is 32.1. The topological polar surface area (TPSA) is 66.6 Å². The van der Waals surface area contributed by atoms with Crippen LogP contribution in [0.25, 0.3) is 0 Å². The zero-order valence-corrected chi connectivity index (χ0v) is 13.3. The maximum atomic E-state index is 11.2. The molecule has 5 nitrogen and oxygen atoms in total. The van der Waals surface area contributed by atoms with Crippen molar-refractivity contribution in [3.63, 3.8) is 0 Å². The fourth-order valence-electron chi connectivity index (χ4n) is 1.97. The Labute approximate surface area is 124 Å². The van der Waals surface area contributed by atoms with Gasteiger partial charge in [0.05, 0.1) is 11.0 Å². The van der Waals surface area contributed by atoms with E-state index in [2.05, 4.69) is 18.7 Å². The lowest BCUT2D eigenvalue weighted by Gasteiger charge is -2.22. The zero-order chi connectivity index (χ0) is 15.1. The highest BCUT2D eigenvalue weighted by Crippen LogP contribution is 2.40. The van der Waals surface area contributed by atoms with Crippen LogP contribution >= 0.6 is 11.3 Å². The highest BCUT2D eigenvalue weighted by molar-refractivity contribution is 7.16. The summed E-state index contributed by atoms with van der Waals surface area (Å²) >= 11 is 1.34. The maximum absolute atomic E-state index is 11.2. The minimum atomic E-state index is -0.661. The minimum absolute atomic E-state index is 0.123. The Bertz CT molecular complexity index is 424. The Hall–Kier alpha value is -1.14. The van der Waals surface area contributed by atoms with Crippen LogP contribution in [0.1, 0.15) is 57.4 Å². The van der Waals surface area contributed by atoms with Gasteiger partial charge in [-0.1, -0.05) is 26.7 Å². The smallest absolute Gasteiger partial charge is 0.304 e. The van der Waals surface area contributed by atoms with Crippen LogP contribution in [0.5, 0.6) is 0 Å². The van der Waals surface area contributed by atoms with Crippen molar-refractivity contribution in [2.24, 2.45) is 0 Å². The maximum Gasteiger partial charge on any atom is 0.304 e. The first-order valence-corrected chi connectivity index (χ1v) is 8.04. The number of aliphatic hydroxyl groups is 1. The van der Waals surface area contributed by atoms with Crippen molar-refractivity contribution in [2.45, 2.75) is 52.6 Å². The lowest BCUT2D eigenvalue weighted by atomic mass is 10.2. The molecular formula is C14H24N2O3S. The van der Waals surface area contributed by atoms with Gasteiger partial charge < -0.3 is 10.0 Å². The van der Waals surface area contributed by atoms with E-state index in [-0.39, 0.29) is 10.6 Å². The molecule has 0 bridgehead atoms. The van der Waals surface area contributed by atoms with Crippen molar-refractivity contribution in [2.75, 3.05) is 18.0 Å². The van der Waals surface area contributed by atoms with E-state index in [0.717, 1.165) is 38.8 Å². The van der Waals surface area contributed by atoms with Crippen molar-refractivity contribution in [1.82, 2.24) is 0 Å². The quantitative estimate of drug-likeness (QED) is 0.550. The first-order chi connectivity index (χ1) is 9.51. The SMILES string of the molecule is CCCCN(CCCC)c1sc([C@H](C)O)cc1[N+](=O)[O-]. The third-order valence-corrected chi connectivity index (χ3v) is 4.53. The standard InChI is InChI=1S/C14H24N2O3S/c1-4-6-8-15(9-7-5-2)14-12(16(18)19)10-13(20-14)11(3)17/h10-11,17H,4-9H2,1-3H3/t11-/m0/s1. The molecule has 0 radical (unpaired) electrons. The van der Waals surface area contributed by atoms with Gasteiger partial charge in [0, 0.05) is 24.0 Å². The van der Waals surface area contributed by atoms with Crippen molar-refractivity contribution in [1.29, 1.82) is 0 Å². The van der Waals surface area contributed by atoms with Crippen molar-refractivity contribution in [3.05, 3.63) is 21.1 Å². The number of thiophene rings is 1. The molecule has 114 valence electrons. The van der Waals surface area contributed by atoms with Crippen molar-refractivity contribution >= 4 is 22.0 Å². The van der Waals surface area contributed by atoms with Crippen LogP contribution in [0, 0.1) is 10.1 Å². The summed E-state index contributed by atoms with van der Waals surface area (Å²) in [6.07, 6.45) is 3.49. The van der Waals surface area contributed by atoms with Crippen molar-refractivity contribution < 1.29 is 10.0 Å². The molecular weight excluding hydrogens is 276 g/mol. The van der Waals surface area contributed by atoms with E-state index < -0.39 is 6.10 Å². The molecule has 0 unspecified atom stereocenters. The molecule has 0 spiro atoms. The number of anilines is 1. The first kappa shape index (κ1) is 16.9. The number of aliphatic hydroxyl groups excluding tert-OH is 1. The first-order valence-electron chi connectivity index (χ1n) is 7.22. The molecule has 0 aliphatic rings. The van der Waals surface area contributed by atoms with Crippen LogP contribution in [0.2, 0.25) is 0 Å². The fourth-order valence-corrected chi connectivity index (χ4v) is 3.08. The Morgan fingerprint density at radius 3 is 2.30 bits per heavy atom. The number of rotatable bonds is 9. The number of hydrogen-bond donors (Lipinski definition) is 1. The molecule has 20 heavy (non-hydrogen) atoms. The summed E-state index contributed by atoms with van der Waals surface area (Å²) in [7, 11) is 0. The summed E-state index contributed by atoms with van der Waals surface area (Å²) in [5.41, 5.74) is 0.123. The summed E-state index contributed by atoms with van der Waals surface area (Å²) in [5, 5.41) is 21.5. The van der Waals surface area contributed by atoms with Crippen LogP contribution in [0.15, 0.2) is 6.07 Å². The van der Waals surface area contributed by atoms with Crippen LogP contribution < -0.4 is 4.90 Å². The molecule has 0 amide bonds. The van der Waals surface area contributed by atoms with Gasteiger partial charge in [0.2, 0.25) is 0 Å². The van der Waals surface area contributed by atoms with Gasteiger partial charge >= 0.3 is 5.69 Å². The number of nitrogens with zero attached hydrogens (tertiary/aromatic N) is 2. The molecule has 0 saturated heterocycles. The number of nitro groups is 1. The van der Waals surface area contributed by atoms with E-state index in [0.29, 0.717) is 9.88 Å². The van der Waals surface area contributed by atoms with Gasteiger partial charge in [-0.25, -0.2) is 0 Å². The largest absolute Gasteiger partial charge is 0.388 e. The lowest BCUT2D eigenvalue weighted by molar-refractivity contribution is -0.383. The Kier molecular flexibility index (Phi) is 6.95. The van der Waals surface area contributed by atoms with Crippen LogP contribution in [-0.4, -0.2) is 23.1 Å². The summed E-state index contributed by atoms with van der Waals surface area (Å²) in [5.74, 6) is 0. The molecule has 1 rings (SSSR count). The van der Waals surface area contributed by atoms with Gasteiger partial charge in [-0.3, -0.25) is 10.1 Å². The molecule has 0 fully saturated rings. The average Bonchev–Trinajstić information content (AvgIpc) is 2.84. The molecule has 0 aromatic carbocycles. The Morgan fingerprint density at radius 2 is 1.90 bits per heavy atom. The molecule has 6 heteroatoms. The highest BCUT2D eigenvalue weighted by Gasteiger charge is 2.24. The third-order valence-electron chi connectivity index (χ3n) is 3.17. The molecule has 1 aromatic heterocycles. The Morgan fingerprint density at radius 1 is 1.35 bits per heavy atom. The van der Waals surface area contributed by atoms with Crippen LogP contribution in [0.3, 0.4) is 0 Å². The zero-order valence-electron chi connectivity index (χ0n) is 12.5. The second kappa shape index (κ2) is 8.21. The third kappa shape index (κ3) is 4.45. The molecule has 1 aromatic rings. The fraction of sp³-hybridized carbons (Fsp3) is 0.714. The van der Waals surface area contributed by atoms with E-state index in [1.165, 1.54) is 17.4 Å². The normalized spacial score (nSPS) is 12.4. The van der Waals surface area contributed by atoms with Crippen molar-refractivity contribution in [3.8, 4) is 0 Å². The summed E-state index contributed by atoms with van der Waals surface area (Å²) in [6, 6.07) is 1.51. The van der Waals surface area contributed by atoms with E-state index >= 15 is 0 Å². The van der Waals surface area contributed by atoms with Gasteiger partial charge in [-0.05, 0) is 19.8 Å². The van der Waals surface area contributed by atoms with Crippen LogP contribution in [-0.2, 0) is 0 Å². The van der Waals surface area contributed by atoms with E-state index in [9.17, 15) is 15.2 Å². The van der Waals surface area contributed by atoms with Gasteiger partial charge in [-0.2, -0.15) is 0 Å². The molecule has 0 aliphatic heterocycles. The number of unbranched alkanes of at least 4 members (excludes halogenated alkanes) is 2. The van der Waals surface area contributed by atoms with E-state index in [1.807, 2.05) is 0 Å². The van der Waals surface area contributed by atoms with E-state index in [1.54, 1.807) is 6.92 Å². The number of hydrogen-bond acceptors (Lipinski definition) is 5. The lowest BCUT2D eigenvalue weighted by Crippen LogP contribution is -2.25. The molecule has 0 saturated carbocycles.